The minimum Gasteiger partial charge on any atom is -0.467 e. The zero-order chi connectivity index (χ0) is 15.7. The Bertz CT molecular complexity index is 476. The van der Waals surface area contributed by atoms with Gasteiger partial charge in [0, 0.05) is 26.3 Å². The van der Waals surface area contributed by atoms with E-state index < -0.39 is 12.0 Å². The summed E-state index contributed by atoms with van der Waals surface area (Å²) in [5, 5.41) is 5.73. The van der Waals surface area contributed by atoms with Crippen molar-refractivity contribution in [1.82, 2.24) is 5.32 Å². The lowest BCUT2D eigenvalue weighted by Gasteiger charge is -2.18. The second kappa shape index (κ2) is 8.97. The van der Waals surface area contributed by atoms with Gasteiger partial charge in [0.2, 0.25) is 5.91 Å². The Morgan fingerprint density at radius 2 is 1.95 bits per heavy atom. The lowest BCUT2D eigenvalue weighted by molar-refractivity contribution is -0.144. The van der Waals surface area contributed by atoms with Gasteiger partial charge in [-0.3, -0.25) is 4.79 Å². The number of carbonyl (C=O) groups excluding carboxylic acids is 2. The smallest absolute Gasteiger partial charge is 0.330 e. The summed E-state index contributed by atoms with van der Waals surface area (Å²) in [6.07, 6.45) is 0.767. The van der Waals surface area contributed by atoms with Crippen molar-refractivity contribution in [2.24, 2.45) is 0 Å². The Morgan fingerprint density at radius 3 is 2.57 bits per heavy atom. The van der Waals surface area contributed by atoms with Crippen LogP contribution >= 0.6 is 0 Å². The van der Waals surface area contributed by atoms with Crippen LogP contribution in [-0.2, 0) is 25.5 Å². The van der Waals surface area contributed by atoms with Crippen LogP contribution in [0.4, 0.5) is 5.69 Å². The molecule has 2 N–H and O–H groups in total. The molecule has 1 aromatic carbocycles. The molecule has 0 aliphatic carbocycles. The van der Waals surface area contributed by atoms with Crippen molar-refractivity contribution < 1.29 is 19.1 Å². The summed E-state index contributed by atoms with van der Waals surface area (Å²) >= 11 is 0. The first-order valence-electron chi connectivity index (χ1n) is 6.74. The van der Waals surface area contributed by atoms with E-state index in [0.717, 1.165) is 17.7 Å². The number of nitrogens with one attached hydrogen (secondary N) is 2. The lowest BCUT2D eigenvalue weighted by atomic mass is 10.1. The van der Waals surface area contributed by atoms with Gasteiger partial charge >= 0.3 is 5.97 Å². The van der Waals surface area contributed by atoms with Crippen LogP contribution < -0.4 is 10.6 Å². The molecule has 1 aromatic rings. The molecule has 1 atom stereocenters. The van der Waals surface area contributed by atoms with E-state index in [1.807, 2.05) is 24.3 Å². The molecule has 0 aliphatic heterocycles. The maximum absolute atomic E-state index is 11.6. The molecule has 1 amide bonds. The van der Waals surface area contributed by atoms with Gasteiger partial charge in [-0.1, -0.05) is 18.2 Å². The molecule has 0 bridgehead atoms. The Hall–Kier alpha value is -2.08. The van der Waals surface area contributed by atoms with Gasteiger partial charge < -0.3 is 20.1 Å². The van der Waals surface area contributed by atoms with E-state index in [4.69, 9.17) is 4.74 Å². The van der Waals surface area contributed by atoms with Crippen molar-refractivity contribution in [3.63, 3.8) is 0 Å². The zero-order valence-electron chi connectivity index (χ0n) is 12.6. The predicted octanol–water partition coefficient (Wildman–Crippen LogP) is 0.965. The molecule has 6 nitrogen and oxygen atoms in total. The maximum atomic E-state index is 11.6. The van der Waals surface area contributed by atoms with Crippen molar-refractivity contribution in [2.75, 3.05) is 32.7 Å². The molecule has 0 spiro atoms. The molecule has 0 saturated heterocycles. The van der Waals surface area contributed by atoms with Crippen LogP contribution in [0.25, 0.3) is 0 Å². The van der Waals surface area contributed by atoms with Crippen molar-refractivity contribution in [1.29, 1.82) is 0 Å². The summed E-state index contributed by atoms with van der Waals surface area (Å²) in [4.78, 5) is 22.8. The van der Waals surface area contributed by atoms with Crippen molar-refractivity contribution in [3.05, 3.63) is 29.8 Å². The van der Waals surface area contributed by atoms with E-state index in [2.05, 4.69) is 15.4 Å². The van der Waals surface area contributed by atoms with Gasteiger partial charge in [-0.05, 0) is 18.1 Å². The summed E-state index contributed by atoms with van der Waals surface area (Å²) in [7, 11) is 2.95. The number of amides is 1. The van der Waals surface area contributed by atoms with E-state index >= 15 is 0 Å². The monoisotopic (exact) mass is 294 g/mol. The quantitative estimate of drug-likeness (QED) is 0.699. The molecular weight excluding hydrogens is 272 g/mol. The van der Waals surface area contributed by atoms with Gasteiger partial charge in [-0.2, -0.15) is 0 Å². The topological polar surface area (TPSA) is 76.7 Å². The van der Waals surface area contributed by atoms with Crippen LogP contribution in [0.2, 0.25) is 0 Å². The molecule has 0 heterocycles. The zero-order valence-corrected chi connectivity index (χ0v) is 12.6. The minimum absolute atomic E-state index is 0.260. The Kier molecular flexibility index (Phi) is 7.25. The van der Waals surface area contributed by atoms with Crippen LogP contribution in [-0.4, -0.2) is 45.3 Å². The molecule has 0 aromatic heterocycles. The fourth-order valence-corrected chi connectivity index (χ4v) is 1.92. The number of ether oxygens (including phenoxy) is 2. The van der Waals surface area contributed by atoms with Crippen LogP contribution in [0, 0.1) is 0 Å². The second-order valence-corrected chi connectivity index (χ2v) is 4.56. The van der Waals surface area contributed by atoms with Crippen molar-refractivity contribution in [2.45, 2.75) is 19.4 Å². The van der Waals surface area contributed by atoms with Gasteiger partial charge in [-0.25, -0.2) is 4.79 Å². The van der Waals surface area contributed by atoms with Gasteiger partial charge in [0.05, 0.1) is 13.7 Å². The second-order valence-electron chi connectivity index (χ2n) is 4.56. The van der Waals surface area contributed by atoms with E-state index in [9.17, 15) is 9.59 Å². The number of para-hydroxylation sites is 1. The molecule has 1 unspecified atom stereocenters. The molecule has 0 fully saturated rings. The Labute approximate surface area is 124 Å². The number of rotatable bonds is 8. The first kappa shape index (κ1) is 17.0. The summed E-state index contributed by atoms with van der Waals surface area (Å²) in [5.41, 5.74) is 2.00. The summed E-state index contributed by atoms with van der Waals surface area (Å²) < 4.78 is 9.76. The van der Waals surface area contributed by atoms with E-state index in [1.54, 1.807) is 7.11 Å². The van der Waals surface area contributed by atoms with E-state index in [-0.39, 0.29) is 12.5 Å². The number of hydrogen-bond donors (Lipinski definition) is 2. The van der Waals surface area contributed by atoms with Crippen LogP contribution in [0.15, 0.2) is 24.3 Å². The highest BCUT2D eigenvalue weighted by Gasteiger charge is 2.20. The minimum atomic E-state index is -0.719. The van der Waals surface area contributed by atoms with Gasteiger partial charge in [0.25, 0.3) is 0 Å². The number of anilines is 1. The predicted molar refractivity (Wildman–Crippen MR) is 80.1 cm³/mol. The molecule has 0 radical (unpaired) electrons. The van der Waals surface area contributed by atoms with Crippen molar-refractivity contribution >= 4 is 17.6 Å². The highest BCUT2D eigenvalue weighted by molar-refractivity contribution is 5.83. The number of carbonyl (C=O) groups is 2. The number of esters is 1. The third kappa shape index (κ3) is 5.83. The fourth-order valence-electron chi connectivity index (χ4n) is 1.92. The normalized spacial score (nSPS) is 11.6. The number of hydrogen-bond acceptors (Lipinski definition) is 5. The Morgan fingerprint density at radius 1 is 1.24 bits per heavy atom. The summed E-state index contributed by atoms with van der Waals surface area (Å²) in [6.45, 7) is 2.24. The highest BCUT2D eigenvalue weighted by Crippen LogP contribution is 2.15. The summed E-state index contributed by atoms with van der Waals surface area (Å²) in [5.74, 6) is -0.757. The molecule has 0 aliphatic rings. The maximum Gasteiger partial charge on any atom is 0.330 e. The van der Waals surface area contributed by atoms with E-state index in [0.29, 0.717) is 6.61 Å². The standard InChI is InChI=1S/C15H22N2O4/c1-11(18)17-14(15(19)21-3)10-16-13-7-5-4-6-12(13)8-9-20-2/h4-7,14,16H,8-10H2,1-3H3,(H,17,18). The largest absolute Gasteiger partial charge is 0.467 e. The van der Waals surface area contributed by atoms with Crippen LogP contribution in [0.3, 0.4) is 0 Å². The molecule has 6 heteroatoms. The molecule has 21 heavy (non-hydrogen) atoms. The fraction of sp³-hybridized carbons (Fsp3) is 0.467. The molecular formula is C15H22N2O4. The lowest BCUT2D eigenvalue weighted by Crippen LogP contribution is -2.45. The van der Waals surface area contributed by atoms with Gasteiger partial charge in [-0.15, -0.1) is 0 Å². The SMILES string of the molecule is COCCc1ccccc1NCC(NC(C)=O)C(=O)OC. The first-order chi connectivity index (χ1) is 10.1. The van der Waals surface area contributed by atoms with Gasteiger partial charge in [0.1, 0.15) is 6.04 Å². The highest BCUT2D eigenvalue weighted by atomic mass is 16.5. The van der Waals surface area contributed by atoms with E-state index in [1.165, 1.54) is 14.0 Å². The average Bonchev–Trinajstić information content (AvgIpc) is 2.49. The number of benzene rings is 1. The van der Waals surface area contributed by atoms with Crippen molar-refractivity contribution in [3.8, 4) is 0 Å². The molecule has 1 rings (SSSR count). The molecule has 0 saturated carbocycles. The van der Waals surface area contributed by atoms with Gasteiger partial charge in [0.15, 0.2) is 0 Å². The summed E-state index contributed by atoms with van der Waals surface area (Å²) in [6, 6.07) is 7.05. The third-order valence-corrected chi connectivity index (χ3v) is 2.95. The molecule has 116 valence electrons. The van der Waals surface area contributed by atoms with Crippen LogP contribution in [0.5, 0.6) is 0 Å². The first-order valence-corrected chi connectivity index (χ1v) is 6.74. The Balaban J connectivity index is 2.70. The number of methoxy groups -OCH3 is 2. The third-order valence-electron chi connectivity index (χ3n) is 2.95. The average molecular weight is 294 g/mol. The van der Waals surface area contributed by atoms with Crippen LogP contribution in [0.1, 0.15) is 12.5 Å².